The van der Waals surface area contributed by atoms with E-state index in [-0.39, 0.29) is 12.0 Å². The topological polar surface area (TPSA) is 63.2 Å². The number of nitrogens with zero attached hydrogens (tertiary/aromatic N) is 1. The summed E-state index contributed by atoms with van der Waals surface area (Å²) in [6.07, 6.45) is 5.86. The SMILES string of the molecule is CCc1cccc(CC)c1NC(=O)c1ccc(NCC2CCCO2)nc1. The molecule has 1 aromatic heterocycles. The third-order valence-electron chi connectivity index (χ3n) is 4.80. The second-order valence-electron chi connectivity index (χ2n) is 6.56. The van der Waals surface area contributed by atoms with Gasteiger partial charge in [0.25, 0.3) is 5.91 Å². The number of carbonyl (C=O) groups is 1. The lowest BCUT2D eigenvalue weighted by atomic mass is 10.0. The fourth-order valence-electron chi connectivity index (χ4n) is 3.25. The second-order valence-corrected chi connectivity index (χ2v) is 6.56. The van der Waals surface area contributed by atoms with Crippen molar-refractivity contribution in [3.8, 4) is 0 Å². The summed E-state index contributed by atoms with van der Waals surface area (Å²) in [5.41, 5.74) is 3.80. The molecule has 1 unspecified atom stereocenters. The predicted molar refractivity (Wildman–Crippen MR) is 105 cm³/mol. The van der Waals surface area contributed by atoms with Crippen LogP contribution >= 0.6 is 0 Å². The molecule has 3 rings (SSSR count). The number of aromatic nitrogens is 1. The Kier molecular flexibility index (Phi) is 6.23. The first-order valence-electron chi connectivity index (χ1n) is 9.45. The van der Waals surface area contributed by atoms with Gasteiger partial charge in [0.05, 0.1) is 11.7 Å². The number of para-hydroxylation sites is 1. The number of amides is 1. The molecule has 1 aliphatic rings. The number of rotatable bonds is 7. The van der Waals surface area contributed by atoms with Gasteiger partial charge in [-0.2, -0.15) is 0 Å². The van der Waals surface area contributed by atoms with Gasteiger partial charge in [0, 0.05) is 25.0 Å². The number of aryl methyl sites for hydroxylation is 2. The second kappa shape index (κ2) is 8.81. The Labute approximate surface area is 155 Å². The van der Waals surface area contributed by atoms with E-state index >= 15 is 0 Å². The molecule has 138 valence electrons. The van der Waals surface area contributed by atoms with Crippen molar-refractivity contribution in [1.82, 2.24) is 4.98 Å². The van der Waals surface area contributed by atoms with Crippen molar-refractivity contribution in [2.75, 3.05) is 23.8 Å². The van der Waals surface area contributed by atoms with E-state index < -0.39 is 0 Å². The van der Waals surface area contributed by atoms with Crippen LogP contribution in [0.1, 0.15) is 48.2 Å². The van der Waals surface area contributed by atoms with Gasteiger partial charge in [0.15, 0.2) is 0 Å². The van der Waals surface area contributed by atoms with E-state index in [0.29, 0.717) is 5.56 Å². The molecule has 0 radical (unpaired) electrons. The van der Waals surface area contributed by atoms with E-state index in [1.165, 1.54) is 0 Å². The minimum Gasteiger partial charge on any atom is -0.376 e. The van der Waals surface area contributed by atoms with Crippen molar-refractivity contribution >= 4 is 17.4 Å². The number of nitrogens with one attached hydrogen (secondary N) is 2. The predicted octanol–water partition coefficient (Wildman–Crippen LogP) is 4.05. The molecule has 0 bridgehead atoms. The van der Waals surface area contributed by atoms with Crippen molar-refractivity contribution in [1.29, 1.82) is 0 Å². The molecule has 2 N–H and O–H groups in total. The smallest absolute Gasteiger partial charge is 0.257 e. The fraction of sp³-hybridized carbons (Fsp3) is 0.429. The van der Waals surface area contributed by atoms with Crippen LogP contribution in [-0.2, 0) is 17.6 Å². The summed E-state index contributed by atoms with van der Waals surface area (Å²) in [5, 5.41) is 6.35. The number of hydrogen-bond acceptors (Lipinski definition) is 4. The molecule has 1 atom stereocenters. The molecule has 2 aromatic rings. The molecule has 1 aromatic carbocycles. The lowest BCUT2D eigenvalue weighted by molar-refractivity contribution is 0.102. The molecule has 1 fully saturated rings. The van der Waals surface area contributed by atoms with Crippen LogP contribution in [0, 0.1) is 0 Å². The molecular weight excluding hydrogens is 326 g/mol. The van der Waals surface area contributed by atoms with Crippen LogP contribution in [0.15, 0.2) is 36.5 Å². The third kappa shape index (κ3) is 4.41. The molecule has 1 saturated heterocycles. The maximum absolute atomic E-state index is 12.6. The van der Waals surface area contributed by atoms with E-state index in [0.717, 1.165) is 61.5 Å². The molecule has 0 saturated carbocycles. The van der Waals surface area contributed by atoms with E-state index in [9.17, 15) is 4.79 Å². The van der Waals surface area contributed by atoms with Gasteiger partial charge in [-0.05, 0) is 48.9 Å². The Morgan fingerprint density at radius 3 is 2.54 bits per heavy atom. The molecule has 0 spiro atoms. The zero-order valence-corrected chi connectivity index (χ0v) is 15.5. The van der Waals surface area contributed by atoms with E-state index in [2.05, 4.69) is 41.6 Å². The van der Waals surface area contributed by atoms with Crippen LogP contribution < -0.4 is 10.6 Å². The first-order valence-corrected chi connectivity index (χ1v) is 9.45. The molecule has 1 amide bonds. The largest absolute Gasteiger partial charge is 0.376 e. The van der Waals surface area contributed by atoms with Gasteiger partial charge in [-0.25, -0.2) is 4.98 Å². The molecular formula is C21H27N3O2. The Bertz CT molecular complexity index is 715. The van der Waals surface area contributed by atoms with Gasteiger partial charge in [-0.1, -0.05) is 32.0 Å². The minimum absolute atomic E-state index is 0.126. The Hall–Kier alpha value is -2.40. The summed E-state index contributed by atoms with van der Waals surface area (Å²) in [4.78, 5) is 17.0. The van der Waals surface area contributed by atoms with Crippen LogP contribution in [-0.4, -0.2) is 30.1 Å². The highest BCUT2D eigenvalue weighted by molar-refractivity contribution is 6.05. The van der Waals surface area contributed by atoms with Crippen molar-refractivity contribution < 1.29 is 9.53 Å². The van der Waals surface area contributed by atoms with E-state index in [1.54, 1.807) is 12.3 Å². The maximum Gasteiger partial charge on any atom is 0.257 e. The van der Waals surface area contributed by atoms with Gasteiger partial charge in [-0.3, -0.25) is 4.79 Å². The van der Waals surface area contributed by atoms with Gasteiger partial charge in [0.1, 0.15) is 5.82 Å². The van der Waals surface area contributed by atoms with Crippen LogP contribution in [0.4, 0.5) is 11.5 Å². The lowest BCUT2D eigenvalue weighted by Crippen LogP contribution is -2.19. The van der Waals surface area contributed by atoms with Crippen LogP contribution in [0.2, 0.25) is 0 Å². The molecule has 5 nitrogen and oxygen atoms in total. The Balaban J connectivity index is 1.65. The first kappa shape index (κ1) is 18.4. The quantitative estimate of drug-likeness (QED) is 0.788. The van der Waals surface area contributed by atoms with Crippen molar-refractivity contribution in [3.63, 3.8) is 0 Å². The standard InChI is InChI=1S/C21H27N3O2/c1-3-15-7-5-8-16(4-2)20(15)24-21(25)17-10-11-19(22-13-17)23-14-18-9-6-12-26-18/h5,7-8,10-11,13,18H,3-4,6,9,12,14H2,1-2H3,(H,22,23)(H,24,25). The summed E-state index contributed by atoms with van der Waals surface area (Å²) >= 11 is 0. The van der Waals surface area contributed by atoms with Crippen LogP contribution in [0.25, 0.3) is 0 Å². The third-order valence-corrected chi connectivity index (χ3v) is 4.80. The number of carbonyl (C=O) groups excluding carboxylic acids is 1. The number of anilines is 2. The van der Waals surface area contributed by atoms with E-state index in [1.807, 2.05) is 12.1 Å². The van der Waals surface area contributed by atoms with Gasteiger partial charge in [-0.15, -0.1) is 0 Å². The average Bonchev–Trinajstić information content (AvgIpc) is 3.20. The summed E-state index contributed by atoms with van der Waals surface area (Å²) in [5.74, 6) is 0.638. The van der Waals surface area contributed by atoms with Crippen LogP contribution in [0.3, 0.4) is 0 Å². The Morgan fingerprint density at radius 2 is 1.96 bits per heavy atom. The highest BCUT2D eigenvalue weighted by atomic mass is 16.5. The summed E-state index contributed by atoms with van der Waals surface area (Å²) in [6.45, 7) is 5.79. The summed E-state index contributed by atoms with van der Waals surface area (Å²) in [7, 11) is 0. The van der Waals surface area contributed by atoms with Gasteiger partial charge >= 0.3 is 0 Å². The molecule has 2 heterocycles. The molecule has 26 heavy (non-hydrogen) atoms. The van der Waals surface area contributed by atoms with Crippen molar-refractivity contribution in [2.24, 2.45) is 0 Å². The van der Waals surface area contributed by atoms with Gasteiger partial charge < -0.3 is 15.4 Å². The normalized spacial score (nSPS) is 16.5. The number of ether oxygens (including phenoxy) is 1. The maximum atomic E-state index is 12.6. The number of pyridine rings is 1. The number of hydrogen-bond donors (Lipinski definition) is 2. The summed E-state index contributed by atoms with van der Waals surface area (Å²) < 4.78 is 5.59. The zero-order chi connectivity index (χ0) is 18.4. The molecule has 0 aliphatic carbocycles. The van der Waals surface area contributed by atoms with Gasteiger partial charge in [0.2, 0.25) is 0 Å². The highest BCUT2D eigenvalue weighted by Crippen LogP contribution is 2.23. The van der Waals surface area contributed by atoms with E-state index in [4.69, 9.17) is 4.74 Å². The molecule has 1 aliphatic heterocycles. The van der Waals surface area contributed by atoms with Crippen LogP contribution in [0.5, 0.6) is 0 Å². The fourth-order valence-corrected chi connectivity index (χ4v) is 3.25. The number of benzene rings is 1. The minimum atomic E-state index is -0.126. The molecule has 5 heteroatoms. The summed E-state index contributed by atoms with van der Waals surface area (Å²) in [6, 6.07) is 9.82. The monoisotopic (exact) mass is 353 g/mol. The first-order chi connectivity index (χ1) is 12.7. The highest BCUT2D eigenvalue weighted by Gasteiger charge is 2.15. The Morgan fingerprint density at radius 1 is 1.19 bits per heavy atom. The van der Waals surface area contributed by atoms with Crippen molar-refractivity contribution in [2.45, 2.75) is 45.6 Å². The average molecular weight is 353 g/mol. The van der Waals surface area contributed by atoms with Crippen molar-refractivity contribution in [3.05, 3.63) is 53.2 Å². The lowest BCUT2D eigenvalue weighted by Gasteiger charge is -2.15. The zero-order valence-electron chi connectivity index (χ0n) is 15.5.